The Balaban J connectivity index is 1.49. The predicted molar refractivity (Wildman–Crippen MR) is 169 cm³/mol. The Labute approximate surface area is 286 Å². The van der Waals surface area contributed by atoms with Gasteiger partial charge in [0.2, 0.25) is 11.8 Å². The molecular formula is C34H26Cl2F3N3O7. The zero-order valence-corrected chi connectivity index (χ0v) is 26.9. The number of hydrogen-bond acceptors (Lipinski definition) is 8. The Morgan fingerprint density at radius 2 is 1.67 bits per heavy atom. The minimum atomic E-state index is -5.09. The molecule has 6 atom stereocenters. The van der Waals surface area contributed by atoms with Crippen molar-refractivity contribution in [3.05, 3.63) is 93.5 Å². The second kappa shape index (κ2) is 11.7. The number of benzene rings is 3. The zero-order valence-electron chi connectivity index (χ0n) is 25.4. The van der Waals surface area contributed by atoms with Crippen LogP contribution in [0.25, 0.3) is 0 Å². The van der Waals surface area contributed by atoms with E-state index in [4.69, 9.17) is 27.9 Å². The van der Waals surface area contributed by atoms with Crippen molar-refractivity contribution in [3.8, 4) is 17.2 Å². The topological polar surface area (TPSA) is 134 Å². The Kier molecular flexibility index (Phi) is 7.82. The normalized spacial score (nSPS) is 27.6. The lowest BCUT2D eigenvalue weighted by atomic mass is 9.49. The summed E-state index contributed by atoms with van der Waals surface area (Å²) in [6.45, 7) is 0. The average molecular weight is 716 g/mol. The van der Waals surface area contributed by atoms with Crippen molar-refractivity contribution in [2.75, 3.05) is 12.5 Å². The highest BCUT2D eigenvalue weighted by atomic mass is 35.5. The molecule has 1 saturated carbocycles. The standard InChI is InChI=1S/C34H26Cl2F3N3O7/c1-48-17-5-2-15(3-6-17)33-23(31(46)42(32(33)47)41-25-10-4-16(35)12-24(25)36)14-21-19(8-9-20-27(21)30(45)40-29(20)44)28(33)22-13-18(7-11-26(22)43)49-34(37,38)39/h2-8,10-13,20-21,23,27-28,41,43H,9,14H2,1H3,(H,40,44,45)/t20-,21+,23-,27-,28+,33+/m0/s1. The van der Waals surface area contributed by atoms with Crippen LogP contribution in [0.4, 0.5) is 18.9 Å². The smallest absolute Gasteiger partial charge is 0.508 e. The minimum Gasteiger partial charge on any atom is -0.508 e. The third-order valence-electron chi connectivity index (χ3n) is 9.97. The van der Waals surface area contributed by atoms with E-state index in [-0.39, 0.29) is 29.1 Å². The molecule has 0 radical (unpaired) electrons. The van der Waals surface area contributed by atoms with Gasteiger partial charge in [0, 0.05) is 16.5 Å². The van der Waals surface area contributed by atoms with Gasteiger partial charge in [-0.25, -0.2) is 0 Å². The summed E-state index contributed by atoms with van der Waals surface area (Å²) >= 11 is 12.5. The molecule has 2 saturated heterocycles. The van der Waals surface area contributed by atoms with Crippen molar-refractivity contribution in [2.24, 2.45) is 23.7 Å². The van der Waals surface area contributed by atoms with Gasteiger partial charge in [-0.3, -0.25) is 29.9 Å². The van der Waals surface area contributed by atoms with Gasteiger partial charge in [0.25, 0.3) is 11.8 Å². The summed E-state index contributed by atoms with van der Waals surface area (Å²) in [5.41, 5.74) is 1.65. The highest BCUT2D eigenvalue weighted by Gasteiger charge is 2.70. The van der Waals surface area contributed by atoms with Crippen LogP contribution in [0.2, 0.25) is 10.0 Å². The number of hydrazine groups is 1. The van der Waals surface area contributed by atoms with Crippen LogP contribution in [-0.4, -0.2) is 47.2 Å². The second-order valence-corrected chi connectivity index (χ2v) is 13.2. The van der Waals surface area contributed by atoms with Crippen LogP contribution in [0.5, 0.6) is 17.2 Å². The molecule has 254 valence electrons. The Morgan fingerprint density at radius 1 is 0.959 bits per heavy atom. The van der Waals surface area contributed by atoms with E-state index in [2.05, 4.69) is 15.5 Å². The molecule has 4 amide bonds. The number of amides is 4. The fraction of sp³-hybridized carbons (Fsp3) is 0.294. The van der Waals surface area contributed by atoms with Crippen molar-refractivity contribution in [2.45, 2.75) is 30.5 Å². The van der Waals surface area contributed by atoms with Crippen LogP contribution in [0.3, 0.4) is 0 Å². The molecule has 49 heavy (non-hydrogen) atoms. The Morgan fingerprint density at radius 3 is 2.35 bits per heavy atom. The molecule has 4 aliphatic rings. The number of rotatable bonds is 6. The molecule has 2 heterocycles. The number of ether oxygens (including phenoxy) is 2. The van der Waals surface area contributed by atoms with Crippen LogP contribution >= 0.6 is 23.2 Å². The first kappa shape index (κ1) is 32.8. The van der Waals surface area contributed by atoms with E-state index in [1.165, 1.54) is 25.3 Å². The molecule has 0 spiro atoms. The molecular weight excluding hydrogens is 690 g/mol. The fourth-order valence-electron chi connectivity index (χ4n) is 8.06. The Bertz CT molecular complexity index is 1950. The van der Waals surface area contributed by atoms with Crippen molar-refractivity contribution in [3.63, 3.8) is 0 Å². The van der Waals surface area contributed by atoms with Gasteiger partial charge in [-0.2, -0.15) is 5.01 Å². The molecule has 3 fully saturated rings. The summed E-state index contributed by atoms with van der Waals surface area (Å²) in [6, 6.07) is 13.6. The van der Waals surface area contributed by atoms with Gasteiger partial charge in [0.05, 0.1) is 41.0 Å². The SMILES string of the molecule is COc1ccc([C@@]23C(=O)N(Nc4ccc(Cl)cc4Cl)C(=O)[C@@H]2C[C@@H]2C(=CC[C@@H]4C(=O)NC(=O)[C@@H]42)[C@@H]3c2cc(OC(F)(F)F)ccc2O)cc1. The van der Waals surface area contributed by atoms with Crippen LogP contribution in [-0.2, 0) is 24.6 Å². The number of phenolic OH excluding ortho intramolecular Hbond substituents is 1. The quantitative estimate of drug-likeness (QED) is 0.213. The highest BCUT2D eigenvalue weighted by molar-refractivity contribution is 6.36. The summed E-state index contributed by atoms with van der Waals surface area (Å²) < 4.78 is 49.9. The number of anilines is 1. The summed E-state index contributed by atoms with van der Waals surface area (Å²) in [6.07, 6.45) is -3.39. The molecule has 2 aliphatic heterocycles. The van der Waals surface area contributed by atoms with Gasteiger partial charge in [-0.15, -0.1) is 13.2 Å². The molecule has 0 unspecified atom stereocenters. The van der Waals surface area contributed by atoms with E-state index >= 15 is 4.79 Å². The molecule has 2 aliphatic carbocycles. The van der Waals surface area contributed by atoms with Crippen LogP contribution in [0, 0.1) is 23.7 Å². The number of nitrogens with zero attached hydrogens (tertiary/aromatic N) is 1. The lowest BCUT2D eigenvalue weighted by molar-refractivity contribution is -0.274. The molecule has 0 bridgehead atoms. The first-order valence-corrected chi connectivity index (χ1v) is 15.9. The van der Waals surface area contributed by atoms with Gasteiger partial charge >= 0.3 is 6.36 Å². The molecule has 0 aromatic heterocycles. The maximum absolute atomic E-state index is 15.1. The number of hydrogen-bond donors (Lipinski definition) is 3. The van der Waals surface area contributed by atoms with Crippen molar-refractivity contribution in [1.82, 2.24) is 10.3 Å². The van der Waals surface area contributed by atoms with Crippen molar-refractivity contribution >= 4 is 52.5 Å². The van der Waals surface area contributed by atoms with E-state index in [1.54, 1.807) is 30.3 Å². The first-order chi connectivity index (χ1) is 23.2. The van der Waals surface area contributed by atoms with E-state index in [1.807, 2.05) is 0 Å². The molecule has 3 aromatic rings. The van der Waals surface area contributed by atoms with Crippen LogP contribution in [0.1, 0.15) is 29.9 Å². The van der Waals surface area contributed by atoms with Gasteiger partial charge in [-0.1, -0.05) is 47.0 Å². The molecule has 15 heteroatoms. The maximum atomic E-state index is 15.1. The average Bonchev–Trinajstić information content (AvgIpc) is 3.46. The van der Waals surface area contributed by atoms with Crippen molar-refractivity contribution < 1.29 is 46.9 Å². The molecule has 10 nitrogen and oxygen atoms in total. The zero-order chi connectivity index (χ0) is 35.0. The second-order valence-electron chi connectivity index (χ2n) is 12.3. The fourth-order valence-corrected chi connectivity index (χ4v) is 8.51. The van der Waals surface area contributed by atoms with E-state index in [0.29, 0.717) is 21.9 Å². The number of phenols is 1. The Hall–Kier alpha value is -4.75. The number of imide groups is 2. The monoisotopic (exact) mass is 715 g/mol. The van der Waals surface area contributed by atoms with Crippen LogP contribution < -0.4 is 20.2 Å². The lowest BCUT2D eigenvalue weighted by Gasteiger charge is -2.50. The third kappa shape index (κ3) is 5.18. The number of halogens is 5. The van der Waals surface area contributed by atoms with E-state index in [0.717, 1.165) is 23.2 Å². The summed E-state index contributed by atoms with van der Waals surface area (Å²) in [4.78, 5) is 55.8. The van der Waals surface area contributed by atoms with Gasteiger partial charge in [0.15, 0.2) is 0 Å². The number of carbonyl (C=O) groups excluding carboxylic acids is 4. The molecule has 7 rings (SSSR count). The summed E-state index contributed by atoms with van der Waals surface area (Å²) in [5, 5.41) is 14.9. The number of nitrogens with one attached hydrogen (secondary N) is 2. The number of fused-ring (bicyclic) bond motifs is 4. The number of allylic oxidation sites excluding steroid dienone is 2. The van der Waals surface area contributed by atoms with Crippen molar-refractivity contribution in [1.29, 1.82) is 0 Å². The number of carbonyl (C=O) groups is 4. The summed E-state index contributed by atoms with van der Waals surface area (Å²) in [5.74, 6) is -8.30. The third-order valence-corrected chi connectivity index (χ3v) is 10.5. The largest absolute Gasteiger partial charge is 0.573 e. The minimum absolute atomic E-state index is 0.0766. The van der Waals surface area contributed by atoms with Crippen LogP contribution in [0.15, 0.2) is 72.3 Å². The number of methoxy groups -OCH3 is 1. The number of aromatic hydroxyl groups is 1. The van der Waals surface area contributed by atoms with E-state index < -0.39 is 76.5 Å². The van der Waals surface area contributed by atoms with Gasteiger partial charge < -0.3 is 14.6 Å². The van der Waals surface area contributed by atoms with E-state index in [9.17, 15) is 32.7 Å². The predicted octanol–water partition coefficient (Wildman–Crippen LogP) is 5.88. The van der Waals surface area contributed by atoms with Gasteiger partial charge in [0.1, 0.15) is 17.2 Å². The lowest BCUT2D eigenvalue weighted by Crippen LogP contribution is -2.53. The molecule has 3 N–H and O–H groups in total. The number of alkyl halides is 3. The maximum Gasteiger partial charge on any atom is 0.573 e. The molecule has 3 aromatic carbocycles. The highest BCUT2D eigenvalue weighted by Crippen LogP contribution is 2.64. The van der Waals surface area contributed by atoms with Gasteiger partial charge in [-0.05, 0) is 72.9 Å². The first-order valence-electron chi connectivity index (χ1n) is 15.1. The summed E-state index contributed by atoms with van der Waals surface area (Å²) in [7, 11) is 1.44.